The molecule has 2 aromatic carbocycles. The average Bonchev–Trinajstić information content (AvgIpc) is 2.97. The highest BCUT2D eigenvalue weighted by molar-refractivity contribution is 7.90. The van der Waals surface area contributed by atoms with Gasteiger partial charge >= 0.3 is 0 Å². The maximum Gasteiger partial charge on any atom is 0.231 e. The molecule has 0 amide bonds. The molecule has 2 fully saturated rings. The molecular formula is C29H38ClN7O3S. The van der Waals surface area contributed by atoms with Crippen molar-refractivity contribution in [3.63, 3.8) is 0 Å². The number of nitrogens with two attached hydrogens (primary N) is 1. The number of halogens is 1. The fourth-order valence-electron chi connectivity index (χ4n) is 5.60. The van der Waals surface area contributed by atoms with Gasteiger partial charge < -0.3 is 30.9 Å². The summed E-state index contributed by atoms with van der Waals surface area (Å²) >= 11 is 6.41. The highest BCUT2D eigenvalue weighted by Crippen LogP contribution is 2.36. The van der Waals surface area contributed by atoms with Crippen molar-refractivity contribution in [1.82, 2.24) is 14.9 Å². The van der Waals surface area contributed by atoms with E-state index in [2.05, 4.69) is 36.5 Å². The van der Waals surface area contributed by atoms with Crippen LogP contribution < -0.4 is 26.0 Å². The number of likely N-dealkylation sites (tertiary alicyclic amines) is 1. The Balaban J connectivity index is 1.34. The number of nitrogen functional groups attached to an aromatic ring is 1. The van der Waals surface area contributed by atoms with Crippen molar-refractivity contribution in [3.05, 3.63) is 47.5 Å². The van der Waals surface area contributed by atoms with Crippen LogP contribution in [0.5, 0.6) is 5.75 Å². The first-order chi connectivity index (χ1) is 19.7. The molecule has 1 aromatic heterocycles. The van der Waals surface area contributed by atoms with Gasteiger partial charge in [0.25, 0.3) is 0 Å². The van der Waals surface area contributed by atoms with Gasteiger partial charge in [-0.1, -0.05) is 30.2 Å². The fraction of sp³-hybridized carbons (Fsp3) is 0.448. The molecule has 3 aromatic rings. The summed E-state index contributed by atoms with van der Waals surface area (Å²) in [6, 6.07) is 13.3. The number of ether oxygens (including phenoxy) is 1. The first-order valence-corrected chi connectivity index (χ1v) is 16.4. The molecule has 0 spiro atoms. The first-order valence-electron chi connectivity index (χ1n) is 14.1. The van der Waals surface area contributed by atoms with E-state index in [0.29, 0.717) is 29.8 Å². The van der Waals surface area contributed by atoms with Crippen LogP contribution in [0.2, 0.25) is 5.02 Å². The van der Waals surface area contributed by atoms with Crippen molar-refractivity contribution in [2.24, 2.45) is 0 Å². The number of nitrogens with one attached hydrogen (secondary N) is 2. The number of sulfone groups is 1. The molecule has 0 atom stereocenters. The number of benzene rings is 2. The lowest BCUT2D eigenvalue weighted by molar-refractivity contribution is 0.141. The van der Waals surface area contributed by atoms with Crippen LogP contribution in [-0.2, 0) is 9.84 Å². The topological polar surface area (TPSA) is 126 Å². The van der Waals surface area contributed by atoms with Crippen LogP contribution >= 0.6 is 11.6 Å². The molecule has 4 N–H and O–H groups in total. The first kappa shape index (κ1) is 29.2. The number of hydrogen-bond donors (Lipinski definition) is 3. The molecule has 0 bridgehead atoms. The number of rotatable bonds is 9. The molecule has 2 aliphatic rings. The predicted molar refractivity (Wildman–Crippen MR) is 166 cm³/mol. The molecule has 10 nitrogen and oxygen atoms in total. The lowest BCUT2D eigenvalue weighted by atomic mass is 9.99. The summed E-state index contributed by atoms with van der Waals surface area (Å²) in [5.41, 5.74) is 8.25. The van der Waals surface area contributed by atoms with Gasteiger partial charge in [0.05, 0.1) is 22.9 Å². The molecule has 2 saturated heterocycles. The van der Waals surface area contributed by atoms with Gasteiger partial charge in [0, 0.05) is 37.1 Å². The third kappa shape index (κ3) is 6.97. The molecule has 0 unspecified atom stereocenters. The Morgan fingerprint density at radius 2 is 1.73 bits per heavy atom. The normalized spacial score (nSPS) is 16.9. The summed E-state index contributed by atoms with van der Waals surface area (Å²) in [7, 11) is -3.49. The number of aromatic nitrogens is 2. The van der Waals surface area contributed by atoms with Gasteiger partial charge in [-0.3, -0.25) is 0 Å². The monoisotopic (exact) mass is 599 g/mol. The molecule has 0 radical (unpaired) electrons. The molecule has 41 heavy (non-hydrogen) atoms. The lowest BCUT2D eigenvalue weighted by Gasteiger charge is -2.41. The highest BCUT2D eigenvalue weighted by atomic mass is 35.5. The van der Waals surface area contributed by atoms with Crippen LogP contribution in [0.15, 0.2) is 47.4 Å². The molecule has 2 aliphatic heterocycles. The standard InChI is InChI=1S/C29H38ClN7O3S/c1-3-40-24-19-21(37-17-13-20(14-18-37)36-15-7-4-8-16-36)11-12-22(24)33-29-34-27(31)26(30)28(35-29)32-23-9-5-6-10-25(23)41(2,38)39/h5-6,9-12,19-20H,3-4,7-8,13-18H2,1-2H3,(H4,31,32,33,34,35). The average molecular weight is 600 g/mol. The summed E-state index contributed by atoms with van der Waals surface area (Å²) in [6.07, 6.45) is 7.48. The number of para-hydroxylation sites is 1. The second-order valence-corrected chi connectivity index (χ2v) is 12.9. The number of nitrogens with zero attached hydrogens (tertiary/aromatic N) is 4. The Hall–Kier alpha value is -3.28. The maximum atomic E-state index is 12.3. The van der Waals surface area contributed by atoms with Gasteiger partial charge in [-0.2, -0.15) is 9.97 Å². The summed E-state index contributed by atoms with van der Waals surface area (Å²) in [5, 5.41) is 6.31. The van der Waals surface area contributed by atoms with E-state index in [-0.39, 0.29) is 27.5 Å². The molecule has 0 saturated carbocycles. The van der Waals surface area contributed by atoms with Crippen molar-refractivity contribution in [3.8, 4) is 5.75 Å². The predicted octanol–water partition coefficient (Wildman–Crippen LogP) is 5.46. The third-order valence-corrected chi connectivity index (χ3v) is 9.19. The van der Waals surface area contributed by atoms with Crippen LogP contribution in [0.3, 0.4) is 0 Å². The zero-order valence-corrected chi connectivity index (χ0v) is 25.1. The number of anilines is 6. The van der Waals surface area contributed by atoms with E-state index < -0.39 is 9.84 Å². The second kappa shape index (κ2) is 12.7. The van der Waals surface area contributed by atoms with Crippen molar-refractivity contribution in [1.29, 1.82) is 0 Å². The Bertz CT molecular complexity index is 1470. The van der Waals surface area contributed by atoms with Gasteiger partial charge in [0.15, 0.2) is 15.7 Å². The Morgan fingerprint density at radius 3 is 2.44 bits per heavy atom. The maximum absolute atomic E-state index is 12.3. The van der Waals surface area contributed by atoms with Gasteiger partial charge in [-0.15, -0.1) is 0 Å². The molecule has 5 rings (SSSR count). The van der Waals surface area contributed by atoms with E-state index in [4.69, 9.17) is 22.1 Å². The molecular weight excluding hydrogens is 562 g/mol. The molecule has 0 aliphatic carbocycles. The highest BCUT2D eigenvalue weighted by Gasteiger charge is 2.26. The second-order valence-electron chi connectivity index (χ2n) is 10.5. The van der Waals surface area contributed by atoms with E-state index in [9.17, 15) is 8.42 Å². The van der Waals surface area contributed by atoms with Crippen molar-refractivity contribution in [2.45, 2.75) is 50.0 Å². The van der Waals surface area contributed by atoms with E-state index >= 15 is 0 Å². The van der Waals surface area contributed by atoms with E-state index in [1.807, 2.05) is 19.1 Å². The Kier molecular flexibility index (Phi) is 9.06. The summed E-state index contributed by atoms with van der Waals surface area (Å²) in [5.74, 6) is 1.11. The molecule has 220 valence electrons. The molecule has 3 heterocycles. The largest absolute Gasteiger partial charge is 0.492 e. The third-order valence-electron chi connectivity index (χ3n) is 7.66. The van der Waals surface area contributed by atoms with Crippen LogP contribution in [0.4, 0.5) is 34.6 Å². The Labute approximate surface area is 247 Å². The SMILES string of the molecule is CCOc1cc(N2CCC(N3CCCCC3)CC2)ccc1Nc1nc(N)c(Cl)c(Nc2ccccc2S(C)(=O)=O)n1. The zero-order chi connectivity index (χ0) is 29.0. The van der Waals surface area contributed by atoms with Crippen molar-refractivity contribution >= 4 is 56.1 Å². The smallest absolute Gasteiger partial charge is 0.231 e. The minimum Gasteiger partial charge on any atom is -0.492 e. The number of piperidine rings is 2. The van der Waals surface area contributed by atoms with Gasteiger partial charge in [-0.05, 0) is 70.0 Å². The van der Waals surface area contributed by atoms with Crippen LogP contribution in [-0.4, -0.2) is 68.4 Å². The Morgan fingerprint density at radius 1 is 1.00 bits per heavy atom. The summed E-state index contributed by atoms with van der Waals surface area (Å²) in [6.45, 7) is 6.93. The quantitative estimate of drug-likeness (QED) is 0.292. The molecule has 12 heteroatoms. The van der Waals surface area contributed by atoms with Crippen molar-refractivity contribution in [2.75, 3.05) is 60.3 Å². The van der Waals surface area contributed by atoms with Crippen LogP contribution in [0, 0.1) is 0 Å². The summed E-state index contributed by atoms with van der Waals surface area (Å²) < 4.78 is 30.5. The summed E-state index contributed by atoms with van der Waals surface area (Å²) in [4.78, 5) is 14.0. The fourth-order valence-corrected chi connectivity index (χ4v) is 6.58. The minimum absolute atomic E-state index is 0.0506. The lowest BCUT2D eigenvalue weighted by Crippen LogP contribution is -2.46. The zero-order valence-electron chi connectivity index (χ0n) is 23.6. The van der Waals surface area contributed by atoms with Crippen molar-refractivity contribution < 1.29 is 13.2 Å². The van der Waals surface area contributed by atoms with Crippen LogP contribution in [0.25, 0.3) is 0 Å². The number of hydrogen-bond acceptors (Lipinski definition) is 10. The van der Waals surface area contributed by atoms with Gasteiger partial charge in [-0.25, -0.2) is 8.42 Å². The van der Waals surface area contributed by atoms with Gasteiger partial charge in [0.1, 0.15) is 16.6 Å². The minimum atomic E-state index is -3.49. The van der Waals surface area contributed by atoms with E-state index in [1.54, 1.807) is 18.2 Å². The van der Waals surface area contributed by atoms with Gasteiger partial charge in [0.2, 0.25) is 5.95 Å². The van der Waals surface area contributed by atoms with Crippen LogP contribution in [0.1, 0.15) is 39.0 Å². The van der Waals surface area contributed by atoms with E-state index in [1.165, 1.54) is 51.3 Å². The van der Waals surface area contributed by atoms with E-state index in [0.717, 1.165) is 25.0 Å².